The van der Waals surface area contributed by atoms with E-state index in [1.165, 1.54) is 5.56 Å². The zero-order valence-corrected chi connectivity index (χ0v) is 14.4. The molecule has 1 heterocycles. The van der Waals surface area contributed by atoms with E-state index in [1.54, 1.807) is 0 Å². The molecule has 1 saturated heterocycles. The molecule has 0 radical (unpaired) electrons. The second kappa shape index (κ2) is 9.53. The molecule has 128 valence electrons. The number of hydrogen-bond acceptors (Lipinski definition) is 4. The minimum absolute atomic E-state index is 0.0528. The van der Waals surface area contributed by atoms with Gasteiger partial charge in [0.25, 0.3) is 5.91 Å². The predicted octanol–water partition coefficient (Wildman–Crippen LogP) is 1.38. The van der Waals surface area contributed by atoms with Crippen LogP contribution in [0.4, 0.5) is 0 Å². The van der Waals surface area contributed by atoms with Crippen molar-refractivity contribution in [3.05, 3.63) is 29.8 Å². The van der Waals surface area contributed by atoms with Gasteiger partial charge in [-0.15, -0.1) is 0 Å². The molecule has 1 fully saturated rings. The molecule has 0 spiro atoms. The van der Waals surface area contributed by atoms with Gasteiger partial charge in [0.15, 0.2) is 6.61 Å². The van der Waals surface area contributed by atoms with Crippen molar-refractivity contribution < 1.29 is 9.53 Å². The van der Waals surface area contributed by atoms with E-state index in [2.05, 4.69) is 29.1 Å². The van der Waals surface area contributed by atoms with Gasteiger partial charge in [0.05, 0.1) is 0 Å². The minimum atomic E-state index is -0.0528. The van der Waals surface area contributed by atoms with Gasteiger partial charge in [0.1, 0.15) is 5.75 Å². The lowest BCUT2D eigenvalue weighted by atomic mass is 10.2. The van der Waals surface area contributed by atoms with Crippen molar-refractivity contribution >= 4 is 5.91 Å². The topological polar surface area (TPSA) is 44.8 Å². The van der Waals surface area contributed by atoms with Crippen LogP contribution in [0.2, 0.25) is 0 Å². The van der Waals surface area contributed by atoms with Crippen molar-refractivity contribution in [2.75, 3.05) is 52.9 Å². The third-order valence-corrected chi connectivity index (χ3v) is 4.27. The van der Waals surface area contributed by atoms with E-state index < -0.39 is 0 Å². The summed E-state index contributed by atoms with van der Waals surface area (Å²) in [7, 11) is 2.16. The Balaban J connectivity index is 1.54. The molecule has 1 amide bonds. The summed E-state index contributed by atoms with van der Waals surface area (Å²) in [6.45, 7) is 8.48. The normalized spacial score (nSPS) is 16.3. The second-order valence-corrected chi connectivity index (χ2v) is 6.13. The third-order valence-electron chi connectivity index (χ3n) is 4.27. The summed E-state index contributed by atoms with van der Waals surface area (Å²) in [4.78, 5) is 16.6. The molecule has 1 aliphatic rings. The summed E-state index contributed by atoms with van der Waals surface area (Å²) in [5.41, 5.74) is 1.27. The predicted molar refractivity (Wildman–Crippen MR) is 92.9 cm³/mol. The first kappa shape index (κ1) is 17.8. The van der Waals surface area contributed by atoms with Gasteiger partial charge in [0, 0.05) is 32.7 Å². The van der Waals surface area contributed by atoms with Crippen LogP contribution in [-0.2, 0) is 11.2 Å². The summed E-state index contributed by atoms with van der Waals surface area (Å²) in [5, 5.41) is 2.92. The number of nitrogens with one attached hydrogen (secondary N) is 1. The molecule has 1 aliphatic heterocycles. The summed E-state index contributed by atoms with van der Waals surface area (Å²) in [5.74, 6) is 0.692. The zero-order chi connectivity index (χ0) is 16.5. The monoisotopic (exact) mass is 319 g/mol. The number of ether oxygens (including phenoxy) is 1. The highest BCUT2D eigenvalue weighted by molar-refractivity contribution is 5.77. The van der Waals surface area contributed by atoms with Crippen LogP contribution >= 0.6 is 0 Å². The molecule has 5 nitrogen and oxygen atoms in total. The van der Waals surface area contributed by atoms with Gasteiger partial charge in [-0.05, 0) is 44.1 Å². The Labute approximate surface area is 139 Å². The number of carbonyl (C=O) groups is 1. The number of piperazine rings is 1. The lowest BCUT2D eigenvalue weighted by molar-refractivity contribution is -0.123. The summed E-state index contributed by atoms with van der Waals surface area (Å²) in [6.07, 6.45) is 1.99. The number of aryl methyl sites for hydroxylation is 1. The Morgan fingerprint density at radius 2 is 1.87 bits per heavy atom. The van der Waals surface area contributed by atoms with Gasteiger partial charge in [-0.1, -0.05) is 19.1 Å². The molecule has 0 atom stereocenters. The lowest BCUT2D eigenvalue weighted by Crippen LogP contribution is -2.45. The fourth-order valence-corrected chi connectivity index (χ4v) is 2.62. The van der Waals surface area contributed by atoms with Gasteiger partial charge in [-0.25, -0.2) is 0 Å². The van der Waals surface area contributed by atoms with Crippen LogP contribution in [0.1, 0.15) is 18.9 Å². The van der Waals surface area contributed by atoms with Crippen LogP contribution in [0.15, 0.2) is 24.3 Å². The Morgan fingerprint density at radius 3 is 2.52 bits per heavy atom. The van der Waals surface area contributed by atoms with E-state index in [4.69, 9.17) is 4.74 Å². The summed E-state index contributed by atoms with van der Waals surface area (Å²) in [6, 6.07) is 7.89. The standard InChI is InChI=1S/C18H29N3O2/c1-3-16-5-7-17(8-6-16)23-15-18(22)19-9-4-10-21-13-11-20(2)12-14-21/h5-8H,3-4,9-15H2,1-2H3,(H,19,22). The molecule has 1 aromatic rings. The molecule has 1 N–H and O–H groups in total. The van der Waals surface area contributed by atoms with Crippen molar-refractivity contribution in [1.29, 1.82) is 0 Å². The van der Waals surface area contributed by atoms with E-state index >= 15 is 0 Å². The largest absolute Gasteiger partial charge is 0.484 e. The van der Waals surface area contributed by atoms with Crippen LogP contribution in [0.3, 0.4) is 0 Å². The maximum absolute atomic E-state index is 11.8. The average Bonchev–Trinajstić information content (AvgIpc) is 2.59. The number of likely N-dealkylation sites (N-methyl/N-ethyl adjacent to an activating group) is 1. The molecule has 0 unspecified atom stereocenters. The van der Waals surface area contributed by atoms with Crippen molar-refractivity contribution in [2.45, 2.75) is 19.8 Å². The van der Waals surface area contributed by atoms with Gasteiger partial charge in [-0.3, -0.25) is 4.79 Å². The summed E-state index contributed by atoms with van der Waals surface area (Å²) < 4.78 is 5.50. The Hall–Kier alpha value is -1.59. The SMILES string of the molecule is CCc1ccc(OCC(=O)NCCCN2CCN(C)CC2)cc1. The van der Waals surface area contributed by atoms with Crippen molar-refractivity contribution in [2.24, 2.45) is 0 Å². The lowest BCUT2D eigenvalue weighted by Gasteiger charge is -2.32. The van der Waals surface area contributed by atoms with Gasteiger partial charge < -0.3 is 19.9 Å². The van der Waals surface area contributed by atoms with Crippen molar-refractivity contribution in [3.8, 4) is 5.75 Å². The first-order valence-electron chi connectivity index (χ1n) is 8.56. The molecular formula is C18H29N3O2. The fraction of sp³-hybridized carbons (Fsp3) is 0.611. The molecule has 0 aliphatic carbocycles. The van der Waals surface area contributed by atoms with Gasteiger partial charge >= 0.3 is 0 Å². The number of nitrogens with zero attached hydrogens (tertiary/aromatic N) is 2. The molecule has 2 rings (SSSR count). The number of benzene rings is 1. The van der Waals surface area contributed by atoms with E-state index in [1.807, 2.05) is 24.3 Å². The van der Waals surface area contributed by atoms with E-state index in [0.717, 1.165) is 51.3 Å². The molecule has 5 heteroatoms. The van der Waals surface area contributed by atoms with E-state index in [9.17, 15) is 4.79 Å². The third kappa shape index (κ3) is 6.59. The first-order chi connectivity index (χ1) is 11.2. The smallest absolute Gasteiger partial charge is 0.257 e. The number of hydrogen-bond donors (Lipinski definition) is 1. The van der Waals surface area contributed by atoms with E-state index in [0.29, 0.717) is 6.54 Å². The Bertz CT molecular complexity index is 468. The van der Waals surface area contributed by atoms with Crippen LogP contribution in [0, 0.1) is 0 Å². The fourth-order valence-electron chi connectivity index (χ4n) is 2.62. The highest BCUT2D eigenvalue weighted by Crippen LogP contribution is 2.12. The average molecular weight is 319 g/mol. The second-order valence-electron chi connectivity index (χ2n) is 6.13. The molecular weight excluding hydrogens is 290 g/mol. The number of amides is 1. The zero-order valence-electron chi connectivity index (χ0n) is 14.4. The molecule has 0 bridgehead atoms. The van der Waals surface area contributed by atoms with Crippen LogP contribution in [0.5, 0.6) is 5.75 Å². The Morgan fingerprint density at radius 1 is 1.17 bits per heavy atom. The van der Waals surface area contributed by atoms with Crippen molar-refractivity contribution in [1.82, 2.24) is 15.1 Å². The van der Waals surface area contributed by atoms with Crippen LogP contribution < -0.4 is 10.1 Å². The molecule has 1 aromatic carbocycles. The quantitative estimate of drug-likeness (QED) is 0.735. The van der Waals surface area contributed by atoms with Crippen molar-refractivity contribution in [3.63, 3.8) is 0 Å². The maximum Gasteiger partial charge on any atom is 0.257 e. The van der Waals surface area contributed by atoms with Gasteiger partial charge in [-0.2, -0.15) is 0 Å². The van der Waals surface area contributed by atoms with Crippen LogP contribution in [0.25, 0.3) is 0 Å². The molecule has 23 heavy (non-hydrogen) atoms. The molecule has 0 saturated carbocycles. The summed E-state index contributed by atoms with van der Waals surface area (Å²) >= 11 is 0. The highest BCUT2D eigenvalue weighted by Gasteiger charge is 2.12. The Kier molecular flexibility index (Phi) is 7.36. The number of rotatable bonds is 8. The van der Waals surface area contributed by atoms with Gasteiger partial charge in [0.2, 0.25) is 0 Å². The highest BCUT2D eigenvalue weighted by atomic mass is 16.5. The number of carbonyl (C=O) groups excluding carboxylic acids is 1. The minimum Gasteiger partial charge on any atom is -0.484 e. The molecule has 0 aromatic heterocycles. The maximum atomic E-state index is 11.8. The first-order valence-corrected chi connectivity index (χ1v) is 8.56. The van der Waals surface area contributed by atoms with E-state index in [-0.39, 0.29) is 12.5 Å². The van der Waals surface area contributed by atoms with Crippen LogP contribution in [-0.4, -0.2) is 68.6 Å².